The number of carbonyl (C=O) groups is 1. The third-order valence-electron chi connectivity index (χ3n) is 4.43. The number of aliphatic hydroxyl groups excluding tert-OH is 1. The summed E-state index contributed by atoms with van der Waals surface area (Å²) in [4.78, 5) is 21.8. The van der Waals surface area contributed by atoms with Gasteiger partial charge in [0, 0.05) is 57.4 Å². The average Bonchev–Trinajstić information content (AvgIpc) is 3.02. The van der Waals surface area contributed by atoms with Crippen molar-refractivity contribution in [3.63, 3.8) is 0 Å². The number of aliphatic hydroxyl groups is 2. The van der Waals surface area contributed by atoms with Crippen LogP contribution in [0, 0.1) is 0 Å². The number of hydrogen-bond donors (Lipinski definition) is 3. The third kappa shape index (κ3) is 4.19. The lowest BCUT2D eigenvalue weighted by Crippen LogP contribution is -2.60. The predicted octanol–water partition coefficient (Wildman–Crippen LogP) is -1.06. The number of rotatable bonds is 5. The van der Waals surface area contributed by atoms with E-state index < -0.39 is 17.6 Å². The minimum atomic E-state index is -1.36. The smallest absolute Gasteiger partial charge is 0.271 e. The first kappa shape index (κ1) is 17.5. The van der Waals surface area contributed by atoms with E-state index in [4.69, 9.17) is 0 Å². The summed E-state index contributed by atoms with van der Waals surface area (Å²) in [5.74, 6) is -0.425. The van der Waals surface area contributed by atoms with Gasteiger partial charge in [-0.3, -0.25) is 19.4 Å². The SMILES string of the molecule is Cn1cc(CN2CC[C@@](O)(CNC(=O)c3cnccn3)[C@H](O)C2)cn1. The maximum atomic E-state index is 12.0. The molecule has 9 heteroatoms. The molecule has 3 N–H and O–H groups in total. The van der Waals surface area contributed by atoms with Crippen molar-refractivity contribution in [1.82, 2.24) is 30.0 Å². The van der Waals surface area contributed by atoms with Crippen LogP contribution in [0.3, 0.4) is 0 Å². The summed E-state index contributed by atoms with van der Waals surface area (Å²) in [6.45, 7) is 1.56. The first-order valence-corrected chi connectivity index (χ1v) is 8.11. The number of hydrogen-bond acceptors (Lipinski definition) is 7. The maximum absolute atomic E-state index is 12.0. The second kappa shape index (κ2) is 7.26. The Labute approximate surface area is 145 Å². The van der Waals surface area contributed by atoms with E-state index in [-0.39, 0.29) is 12.2 Å². The first-order chi connectivity index (χ1) is 12.0. The molecule has 0 unspecified atom stereocenters. The Kier molecular flexibility index (Phi) is 5.07. The molecule has 0 bridgehead atoms. The van der Waals surface area contributed by atoms with Gasteiger partial charge in [-0.05, 0) is 6.42 Å². The van der Waals surface area contributed by atoms with Gasteiger partial charge in [0.25, 0.3) is 5.91 Å². The molecule has 134 valence electrons. The van der Waals surface area contributed by atoms with Gasteiger partial charge in [0.05, 0.1) is 18.5 Å². The van der Waals surface area contributed by atoms with Gasteiger partial charge in [-0.2, -0.15) is 5.10 Å². The second-order valence-corrected chi connectivity index (χ2v) is 6.40. The molecule has 25 heavy (non-hydrogen) atoms. The van der Waals surface area contributed by atoms with Gasteiger partial charge in [-0.1, -0.05) is 0 Å². The topological polar surface area (TPSA) is 116 Å². The number of aromatic nitrogens is 4. The summed E-state index contributed by atoms with van der Waals surface area (Å²) in [5.41, 5.74) is -0.130. The number of amides is 1. The van der Waals surface area contributed by atoms with E-state index in [1.54, 1.807) is 10.9 Å². The Morgan fingerprint density at radius 3 is 2.92 bits per heavy atom. The van der Waals surface area contributed by atoms with Gasteiger partial charge in [0.1, 0.15) is 11.3 Å². The van der Waals surface area contributed by atoms with Crippen LogP contribution in [0.4, 0.5) is 0 Å². The van der Waals surface area contributed by atoms with Crippen LogP contribution in [0.5, 0.6) is 0 Å². The fourth-order valence-corrected chi connectivity index (χ4v) is 2.93. The molecule has 1 amide bonds. The zero-order valence-corrected chi connectivity index (χ0v) is 14.0. The molecule has 3 heterocycles. The van der Waals surface area contributed by atoms with E-state index in [1.165, 1.54) is 18.6 Å². The highest BCUT2D eigenvalue weighted by atomic mass is 16.3. The summed E-state index contributed by atoms with van der Waals surface area (Å²) in [7, 11) is 1.85. The van der Waals surface area contributed by atoms with Crippen LogP contribution in [0.25, 0.3) is 0 Å². The second-order valence-electron chi connectivity index (χ2n) is 6.40. The molecule has 2 aromatic heterocycles. The van der Waals surface area contributed by atoms with Gasteiger partial charge >= 0.3 is 0 Å². The summed E-state index contributed by atoms with van der Waals surface area (Å²) < 4.78 is 1.73. The highest BCUT2D eigenvalue weighted by molar-refractivity contribution is 5.91. The molecular formula is C16H22N6O3. The van der Waals surface area contributed by atoms with Gasteiger partial charge in [0.15, 0.2) is 0 Å². The molecular weight excluding hydrogens is 324 g/mol. The van der Waals surface area contributed by atoms with Crippen molar-refractivity contribution >= 4 is 5.91 Å². The summed E-state index contributed by atoms with van der Waals surface area (Å²) in [6.07, 6.45) is 7.37. The van der Waals surface area contributed by atoms with Gasteiger partial charge in [0.2, 0.25) is 0 Å². The number of β-amino-alcohol motifs (C(OH)–C–C–N with tert-alkyl or cyclic N) is 1. The highest BCUT2D eigenvalue weighted by Crippen LogP contribution is 2.23. The summed E-state index contributed by atoms with van der Waals surface area (Å²) in [6, 6.07) is 0. The van der Waals surface area contributed by atoms with Gasteiger partial charge < -0.3 is 15.5 Å². The van der Waals surface area contributed by atoms with Crippen LogP contribution in [0.1, 0.15) is 22.5 Å². The number of nitrogens with one attached hydrogen (secondary N) is 1. The Hall–Kier alpha value is -2.36. The number of carbonyl (C=O) groups excluding carboxylic acids is 1. The zero-order valence-electron chi connectivity index (χ0n) is 14.0. The lowest BCUT2D eigenvalue weighted by molar-refractivity contribution is -0.116. The molecule has 1 fully saturated rings. The van der Waals surface area contributed by atoms with Crippen molar-refractivity contribution in [1.29, 1.82) is 0 Å². The Morgan fingerprint density at radius 2 is 2.28 bits per heavy atom. The molecule has 0 aromatic carbocycles. The summed E-state index contributed by atoms with van der Waals surface area (Å²) in [5, 5.41) is 27.8. The molecule has 1 aliphatic heterocycles. The highest BCUT2D eigenvalue weighted by Gasteiger charge is 2.40. The Bertz CT molecular complexity index is 722. The van der Waals surface area contributed by atoms with Crippen molar-refractivity contribution in [2.75, 3.05) is 19.6 Å². The molecule has 9 nitrogen and oxygen atoms in total. The van der Waals surface area contributed by atoms with Crippen LogP contribution in [0.15, 0.2) is 31.0 Å². The monoisotopic (exact) mass is 346 g/mol. The number of aryl methyl sites for hydroxylation is 1. The fraction of sp³-hybridized carbons (Fsp3) is 0.500. The van der Waals surface area contributed by atoms with E-state index in [9.17, 15) is 15.0 Å². The predicted molar refractivity (Wildman–Crippen MR) is 88.4 cm³/mol. The van der Waals surface area contributed by atoms with Gasteiger partial charge in [-0.25, -0.2) is 4.98 Å². The van der Waals surface area contributed by atoms with Crippen LogP contribution in [0.2, 0.25) is 0 Å². The van der Waals surface area contributed by atoms with E-state index in [0.29, 0.717) is 26.1 Å². The number of piperidine rings is 1. The summed E-state index contributed by atoms with van der Waals surface area (Å²) >= 11 is 0. The largest absolute Gasteiger partial charge is 0.389 e. The number of nitrogens with zero attached hydrogens (tertiary/aromatic N) is 5. The lowest BCUT2D eigenvalue weighted by atomic mass is 9.88. The van der Waals surface area contributed by atoms with E-state index in [2.05, 4.69) is 25.3 Å². The average molecular weight is 346 g/mol. The minimum absolute atomic E-state index is 0.0374. The Morgan fingerprint density at radius 1 is 1.44 bits per heavy atom. The molecule has 1 aliphatic rings. The molecule has 2 aromatic rings. The molecule has 0 saturated carbocycles. The van der Waals surface area contributed by atoms with Crippen LogP contribution >= 0.6 is 0 Å². The molecule has 1 saturated heterocycles. The Balaban J connectivity index is 1.53. The fourth-order valence-electron chi connectivity index (χ4n) is 2.93. The van der Waals surface area contributed by atoms with Crippen LogP contribution in [-0.4, -0.2) is 72.1 Å². The molecule has 2 atom stereocenters. The van der Waals surface area contributed by atoms with Crippen molar-refractivity contribution in [2.45, 2.75) is 24.7 Å². The number of likely N-dealkylation sites (tertiary alicyclic amines) is 1. The minimum Gasteiger partial charge on any atom is -0.389 e. The zero-order chi connectivity index (χ0) is 17.9. The molecule has 0 spiro atoms. The van der Waals surface area contributed by atoms with Crippen molar-refractivity contribution in [2.24, 2.45) is 7.05 Å². The van der Waals surface area contributed by atoms with Gasteiger partial charge in [-0.15, -0.1) is 0 Å². The maximum Gasteiger partial charge on any atom is 0.271 e. The normalized spacial score (nSPS) is 24.2. The first-order valence-electron chi connectivity index (χ1n) is 8.11. The van der Waals surface area contributed by atoms with E-state index in [0.717, 1.165) is 5.56 Å². The van der Waals surface area contributed by atoms with E-state index in [1.807, 2.05) is 13.2 Å². The standard InChI is InChI=1S/C16H22N6O3/c1-21-8-12(6-20-21)9-22-5-2-16(25,14(23)10-22)11-19-15(24)13-7-17-3-4-18-13/h3-4,6-8,14,23,25H,2,5,9-11H2,1H3,(H,19,24)/t14-,16-/m1/s1. The lowest BCUT2D eigenvalue weighted by Gasteiger charge is -2.42. The third-order valence-corrected chi connectivity index (χ3v) is 4.43. The van der Waals surface area contributed by atoms with Crippen molar-refractivity contribution in [3.8, 4) is 0 Å². The van der Waals surface area contributed by atoms with Crippen LogP contribution in [-0.2, 0) is 13.6 Å². The molecule has 0 radical (unpaired) electrons. The molecule has 0 aliphatic carbocycles. The van der Waals surface area contributed by atoms with E-state index >= 15 is 0 Å². The van der Waals surface area contributed by atoms with Crippen molar-refractivity contribution < 1.29 is 15.0 Å². The van der Waals surface area contributed by atoms with Crippen LogP contribution < -0.4 is 5.32 Å². The molecule has 3 rings (SSSR count). The quantitative estimate of drug-likeness (QED) is 0.632. The van der Waals surface area contributed by atoms with Crippen molar-refractivity contribution in [3.05, 3.63) is 42.2 Å².